The number of para-hydroxylation sites is 1. The number of primary amides is 1. The lowest BCUT2D eigenvalue weighted by atomic mass is 10.1. The molecule has 0 aliphatic carbocycles. The quantitative estimate of drug-likeness (QED) is 0.321. The number of rotatable bonds is 7. The molecule has 0 bridgehead atoms. The molecule has 5 rings (SSSR count). The first-order valence-corrected chi connectivity index (χ1v) is 12.7. The van der Waals surface area contributed by atoms with Crippen LogP contribution in [0.25, 0.3) is 22.2 Å². The Morgan fingerprint density at radius 1 is 1.00 bits per heavy atom. The number of hydrogen-bond donors (Lipinski definition) is 2. The van der Waals surface area contributed by atoms with Crippen molar-refractivity contribution in [3.05, 3.63) is 102 Å². The molecule has 0 spiro atoms. The SMILES string of the molecule is NC(=O)Cc1cccc(Nc2ncc(Cl)c(-c3cn(S(=O)(=O)c4ccccc4)c4ccccc34)n2)c1. The Morgan fingerprint density at radius 3 is 2.53 bits per heavy atom. The zero-order valence-corrected chi connectivity index (χ0v) is 20.4. The molecule has 0 aliphatic rings. The zero-order chi connectivity index (χ0) is 25.3. The summed E-state index contributed by atoms with van der Waals surface area (Å²) >= 11 is 6.49. The van der Waals surface area contributed by atoms with Gasteiger partial charge in [0.05, 0.1) is 33.7 Å². The van der Waals surface area contributed by atoms with Crippen LogP contribution >= 0.6 is 11.6 Å². The summed E-state index contributed by atoms with van der Waals surface area (Å²) in [7, 11) is -3.86. The van der Waals surface area contributed by atoms with E-state index in [0.717, 1.165) is 5.56 Å². The standard InChI is InChI=1S/C26H20ClN5O3S/c27-22-15-29-26(30-18-8-6-7-17(13-18)14-24(28)33)31-25(22)21-16-32(23-12-5-4-11-20(21)23)36(34,35)19-9-2-1-3-10-19/h1-13,15-16H,14H2,(H2,28,33)(H,29,30,31). The van der Waals surface area contributed by atoms with Gasteiger partial charge < -0.3 is 11.1 Å². The molecule has 2 aromatic heterocycles. The van der Waals surface area contributed by atoms with E-state index in [2.05, 4.69) is 15.3 Å². The Balaban J connectivity index is 1.59. The van der Waals surface area contributed by atoms with Gasteiger partial charge in [-0.05, 0) is 35.9 Å². The van der Waals surface area contributed by atoms with Crippen molar-refractivity contribution in [2.45, 2.75) is 11.3 Å². The summed E-state index contributed by atoms with van der Waals surface area (Å²) in [6.45, 7) is 0. The van der Waals surface area contributed by atoms with E-state index in [1.807, 2.05) is 12.1 Å². The highest BCUT2D eigenvalue weighted by molar-refractivity contribution is 7.90. The smallest absolute Gasteiger partial charge is 0.268 e. The highest BCUT2D eigenvalue weighted by atomic mass is 35.5. The van der Waals surface area contributed by atoms with Crippen molar-refractivity contribution in [2.75, 3.05) is 5.32 Å². The van der Waals surface area contributed by atoms with Crippen LogP contribution in [0.15, 0.2) is 96.2 Å². The third kappa shape index (κ3) is 4.53. The number of carbonyl (C=O) groups is 1. The molecule has 0 saturated carbocycles. The Kier molecular flexibility index (Phi) is 6.17. The van der Waals surface area contributed by atoms with E-state index in [0.29, 0.717) is 27.8 Å². The zero-order valence-electron chi connectivity index (χ0n) is 18.8. The third-order valence-corrected chi connectivity index (χ3v) is 7.50. The fraction of sp³-hybridized carbons (Fsp3) is 0.0385. The summed E-state index contributed by atoms with van der Waals surface area (Å²) in [4.78, 5) is 20.3. The van der Waals surface area contributed by atoms with Gasteiger partial charge in [-0.2, -0.15) is 0 Å². The predicted octanol–water partition coefficient (Wildman–Crippen LogP) is 4.76. The number of fused-ring (bicyclic) bond motifs is 1. The molecule has 10 heteroatoms. The van der Waals surface area contributed by atoms with Crippen LogP contribution in [-0.2, 0) is 21.2 Å². The average molecular weight is 518 g/mol. The van der Waals surface area contributed by atoms with Gasteiger partial charge >= 0.3 is 0 Å². The van der Waals surface area contributed by atoms with Gasteiger partial charge in [-0.3, -0.25) is 4.79 Å². The maximum atomic E-state index is 13.4. The Hall–Kier alpha value is -4.21. The number of nitrogens with two attached hydrogens (primary N) is 1. The van der Waals surface area contributed by atoms with Crippen molar-refractivity contribution in [1.82, 2.24) is 13.9 Å². The van der Waals surface area contributed by atoms with Crippen molar-refractivity contribution in [1.29, 1.82) is 0 Å². The Bertz CT molecular complexity index is 1700. The van der Waals surface area contributed by atoms with Gasteiger partial charge in [0, 0.05) is 22.8 Å². The van der Waals surface area contributed by atoms with Gasteiger partial charge in [0.1, 0.15) is 0 Å². The lowest BCUT2D eigenvalue weighted by molar-refractivity contribution is -0.117. The monoisotopic (exact) mass is 517 g/mol. The van der Waals surface area contributed by atoms with Crippen LogP contribution in [0, 0.1) is 0 Å². The summed E-state index contributed by atoms with van der Waals surface area (Å²) < 4.78 is 28.1. The molecule has 3 N–H and O–H groups in total. The number of nitrogens with zero attached hydrogens (tertiary/aromatic N) is 3. The number of hydrogen-bond acceptors (Lipinski definition) is 6. The van der Waals surface area contributed by atoms with Gasteiger partial charge in [-0.25, -0.2) is 22.4 Å². The topological polar surface area (TPSA) is 120 Å². The molecular formula is C26H20ClN5O3S. The first kappa shape index (κ1) is 23.5. The van der Waals surface area contributed by atoms with Crippen molar-refractivity contribution < 1.29 is 13.2 Å². The van der Waals surface area contributed by atoms with E-state index in [1.165, 1.54) is 16.4 Å². The van der Waals surface area contributed by atoms with Crippen molar-refractivity contribution in [3.63, 3.8) is 0 Å². The van der Waals surface area contributed by atoms with E-state index in [1.54, 1.807) is 66.7 Å². The van der Waals surface area contributed by atoms with Crippen molar-refractivity contribution in [3.8, 4) is 11.3 Å². The van der Waals surface area contributed by atoms with Crippen LogP contribution in [0.3, 0.4) is 0 Å². The Morgan fingerprint density at radius 2 is 1.75 bits per heavy atom. The van der Waals surface area contributed by atoms with Crippen molar-refractivity contribution >= 4 is 50.1 Å². The summed E-state index contributed by atoms with van der Waals surface area (Å²) in [5, 5.41) is 4.05. The van der Waals surface area contributed by atoms with Crippen molar-refractivity contribution in [2.24, 2.45) is 5.73 Å². The summed E-state index contributed by atoms with van der Waals surface area (Å²) in [6.07, 6.45) is 3.09. The molecule has 1 amide bonds. The second kappa shape index (κ2) is 9.44. The van der Waals surface area contributed by atoms with Gasteiger partial charge in [-0.15, -0.1) is 0 Å². The predicted molar refractivity (Wildman–Crippen MR) is 140 cm³/mol. The lowest BCUT2D eigenvalue weighted by Crippen LogP contribution is -2.13. The minimum atomic E-state index is -3.86. The minimum Gasteiger partial charge on any atom is -0.369 e. The molecule has 180 valence electrons. The highest BCUT2D eigenvalue weighted by Gasteiger charge is 2.23. The third-order valence-electron chi connectivity index (χ3n) is 5.54. The second-order valence-corrected chi connectivity index (χ2v) is 10.3. The number of aromatic nitrogens is 3. The first-order valence-electron chi connectivity index (χ1n) is 10.9. The molecule has 0 unspecified atom stereocenters. The molecule has 2 heterocycles. The molecule has 5 aromatic rings. The van der Waals surface area contributed by atoms with E-state index < -0.39 is 15.9 Å². The molecule has 0 aliphatic heterocycles. The maximum absolute atomic E-state index is 13.4. The number of amides is 1. The minimum absolute atomic E-state index is 0.109. The Labute approximate surface area is 212 Å². The summed E-state index contributed by atoms with van der Waals surface area (Å²) in [5.41, 5.74) is 8.13. The molecule has 0 fully saturated rings. The normalized spacial score (nSPS) is 11.5. The largest absolute Gasteiger partial charge is 0.369 e. The van der Waals surface area contributed by atoms with Crippen LogP contribution in [0.2, 0.25) is 5.02 Å². The fourth-order valence-corrected chi connectivity index (χ4v) is 5.53. The number of halogens is 1. The van der Waals surface area contributed by atoms with Gasteiger partial charge in [-0.1, -0.05) is 60.1 Å². The molecule has 8 nitrogen and oxygen atoms in total. The van der Waals surface area contributed by atoms with E-state index in [9.17, 15) is 13.2 Å². The van der Waals surface area contributed by atoms with E-state index in [4.69, 9.17) is 17.3 Å². The molecular weight excluding hydrogens is 498 g/mol. The number of nitrogens with one attached hydrogen (secondary N) is 1. The van der Waals surface area contributed by atoms with Crippen LogP contribution in [0.5, 0.6) is 0 Å². The van der Waals surface area contributed by atoms with Gasteiger partial charge in [0.15, 0.2) is 0 Å². The number of carbonyl (C=O) groups excluding carboxylic acids is 1. The number of anilines is 2. The molecule has 36 heavy (non-hydrogen) atoms. The van der Waals surface area contributed by atoms with Crippen LogP contribution in [-0.4, -0.2) is 28.3 Å². The highest BCUT2D eigenvalue weighted by Crippen LogP contribution is 2.36. The molecule has 0 saturated heterocycles. The van der Waals surface area contributed by atoms with Gasteiger partial charge in [0.25, 0.3) is 10.0 Å². The van der Waals surface area contributed by atoms with E-state index >= 15 is 0 Å². The molecule has 3 aromatic carbocycles. The lowest BCUT2D eigenvalue weighted by Gasteiger charge is -2.09. The fourth-order valence-electron chi connectivity index (χ4n) is 3.95. The van der Waals surface area contributed by atoms with Gasteiger partial charge in [0.2, 0.25) is 11.9 Å². The molecule has 0 atom stereocenters. The van der Waals surface area contributed by atoms with E-state index in [-0.39, 0.29) is 22.3 Å². The summed E-state index contributed by atoms with van der Waals surface area (Å²) in [5.74, 6) is -0.174. The van der Waals surface area contributed by atoms with Crippen LogP contribution < -0.4 is 11.1 Å². The first-order chi connectivity index (χ1) is 17.3. The average Bonchev–Trinajstić information content (AvgIpc) is 3.26. The maximum Gasteiger partial charge on any atom is 0.268 e. The summed E-state index contributed by atoms with van der Waals surface area (Å²) in [6, 6.07) is 22.5. The molecule has 0 radical (unpaired) electrons. The van der Waals surface area contributed by atoms with Crippen LogP contribution in [0.1, 0.15) is 5.56 Å². The van der Waals surface area contributed by atoms with Crippen LogP contribution in [0.4, 0.5) is 11.6 Å². The number of benzene rings is 3. The second-order valence-electron chi connectivity index (χ2n) is 8.03.